The van der Waals surface area contributed by atoms with Gasteiger partial charge < -0.3 is 60.4 Å². The summed E-state index contributed by atoms with van der Waals surface area (Å²) in [6.07, 6.45) is -4.08. The van der Waals surface area contributed by atoms with Crippen molar-refractivity contribution in [2.24, 2.45) is 5.41 Å². The number of phosphoric acid groups is 3. The number of nitrogen functional groups attached to an aromatic ring is 1. The number of benzene rings is 1. The zero-order chi connectivity index (χ0) is 46.0. The average molecular weight is 958 g/mol. The number of hydrogen-bond acceptors (Lipinski definition) is 20. The molecule has 62 heavy (non-hydrogen) atoms. The van der Waals surface area contributed by atoms with Crippen LogP contribution in [0.3, 0.4) is 0 Å². The van der Waals surface area contributed by atoms with Crippen LogP contribution in [0.4, 0.5) is 5.82 Å². The minimum Gasteiger partial charge on any atom is -0.497 e. The number of nitrogens with two attached hydrogens (primary N) is 1. The number of carbonyl (C=O) groups excluding carboxylic acids is 3. The maximum atomic E-state index is 12.7. The van der Waals surface area contributed by atoms with Gasteiger partial charge in [-0.2, -0.15) is 4.31 Å². The van der Waals surface area contributed by atoms with E-state index in [2.05, 4.69) is 34.4 Å². The number of carbonyl (C=O) groups is 3. The highest BCUT2D eigenvalue weighted by atomic mass is 32.2. The summed E-state index contributed by atoms with van der Waals surface area (Å²) >= 11 is 0.958. The largest absolute Gasteiger partial charge is 0.497 e. The molecule has 1 aromatic carbocycles. The molecule has 3 heterocycles. The van der Waals surface area contributed by atoms with E-state index < -0.39 is 84.6 Å². The van der Waals surface area contributed by atoms with Gasteiger partial charge in [0.1, 0.15) is 47.8 Å². The lowest BCUT2D eigenvalue weighted by atomic mass is 9.87. The van der Waals surface area contributed by atoms with Crippen molar-refractivity contribution in [3.63, 3.8) is 0 Å². The fourth-order valence-corrected chi connectivity index (χ4v) is 8.84. The molecule has 1 aliphatic heterocycles. The highest BCUT2D eigenvalue weighted by Gasteiger charge is 2.50. The first-order valence-corrected chi connectivity index (χ1v) is 23.4. The topological polar surface area (TPSA) is 382 Å². The molecule has 0 bridgehead atoms. The second kappa shape index (κ2) is 21.7. The number of ether oxygens (including phenoxy) is 3. The number of imidazole rings is 1. The molecule has 2 amide bonds. The number of methoxy groups -OCH3 is 2. The number of hydrogen-bond donors (Lipinski definition) is 9. The molecular formula is C32H46N7O19P3S. The van der Waals surface area contributed by atoms with E-state index in [9.17, 15) is 57.9 Å². The number of anilines is 1. The van der Waals surface area contributed by atoms with Crippen molar-refractivity contribution in [2.45, 2.75) is 50.9 Å². The summed E-state index contributed by atoms with van der Waals surface area (Å²) in [4.78, 5) is 88.2. The molecule has 1 fully saturated rings. The van der Waals surface area contributed by atoms with Gasteiger partial charge in [-0.05, 0) is 24.3 Å². The molecule has 2 aromatic heterocycles. The van der Waals surface area contributed by atoms with Crippen LogP contribution in [0.25, 0.3) is 17.2 Å². The van der Waals surface area contributed by atoms with Crippen molar-refractivity contribution in [1.82, 2.24) is 30.2 Å². The van der Waals surface area contributed by atoms with Gasteiger partial charge in [0.2, 0.25) is 16.9 Å². The standard InChI is InChI=1S/C32H46N7O19P3S/c1-32(2,27(43)30(44)35-10-9-22(40)34-11-12-62-23(41)8-6-18-5-7-19(52-3)13-20(18)53-4)15-55-61(50,51)58-60(48,49)54-14-21-26(57-59(45,46)47)25(42)31(56-21)39-17-38-24-28(33)36-16-37-29(24)39/h5-8,13,16-17,21,25-27,31,42-43H,9-12,14-15H2,1-4H3,(H,34,40)(H,35,44)(H,48,49)(H,50,51)(H2,33,36,37)(H2,45,46,47)/t21-,25-,26-,27+,31-/m1/s1. The van der Waals surface area contributed by atoms with Crippen molar-refractivity contribution in [3.05, 3.63) is 42.5 Å². The maximum absolute atomic E-state index is 12.7. The molecule has 0 radical (unpaired) electrons. The highest BCUT2D eigenvalue weighted by Crippen LogP contribution is 2.61. The van der Waals surface area contributed by atoms with Crippen LogP contribution < -0.4 is 25.8 Å². The van der Waals surface area contributed by atoms with Crippen LogP contribution >= 0.6 is 35.2 Å². The van der Waals surface area contributed by atoms with Crippen LogP contribution in [0, 0.1) is 5.41 Å². The van der Waals surface area contributed by atoms with Gasteiger partial charge in [-0.3, -0.25) is 32.5 Å². The predicted molar refractivity (Wildman–Crippen MR) is 216 cm³/mol. The summed E-state index contributed by atoms with van der Waals surface area (Å²) in [5.41, 5.74) is 4.89. The van der Waals surface area contributed by atoms with E-state index in [1.54, 1.807) is 24.3 Å². The van der Waals surface area contributed by atoms with E-state index in [0.717, 1.165) is 29.0 Å². The van der Waals surface area contributed by atoms with Crippen molar-refractivity contribution in [2.75, 3.05) is 52.0 Å². The van der Waals surface area contributed by atoms with E-state index in [0.29, 0.717) is 17.1 Å². The van der Waals surface area contributed by atoms with Crippen LogP contribution in [-0.2, 0) is 50.7 Å². The molecule has 1 saturated heterocycles. The highest BCUT2D eigenvalue weighted by molar-refractivity contribution is 8.14. The van der Waals surface area contributed by atoms with E-state index >= 15 is 0 Å². The molecule has 1 aliphatic rings. The summed E-state index contributed by atoms with van der Waals surface area (Å²) in [6, 6.07) is 5.12. The molecule has 2 unspecified atom stereocenters. The Balaban J connectivity index is 1.20. The molecule has 3 aromatic rings. The molecule has 344 valence electrons. The van der Waals surface area contributed by atoms with E-state index in [-0.39, 0.29) is 47.4 Å². The number of nitrogens with one attached hydrogen (secondary N) is 2. The Morgan fingerprint density at radius 1 is 1.03 bits per heavy atom. The Labute approximate surface area is 356 Å². The molecule has 4 rings (SSSR count). The number of amides is 2. The Bertz CT molecular complexity index is 2240. The number of aromatic nitrogens is 4. The fourth-order valence-electron chi connectivity index (χ4n) is 5.44. The quantitative estimate of drug-likeness (QED) is 0.0353. The van der Waals surface area contributed by atoms with Gasteiger partial charge in [-0.1, -0.05) is 25.6 Å². The third kappa shape index (κ3) is 14.6. The van der Waals surface area contributed by atoms with Crippen LogP contribution in [0.2, 0.25) is 0 Å². The molecule has 0 spiro atoms. The minimum atomic E-state index is -5.59. The van der Waals surface area contributed by atoms with Gasteiger partial charge in [0.05, 0.1) is 33.8 Å². The Morgan fingerprint density at radius 2 is 1.74 bits per heavy atom. The van der Waals surface area contributed by atoms with Crippen molar-refractivity contribution < 1.29 is 90.0 Å². The molecule has 7 atom stereocenters. The Hall–Kier alpha value is -3.88. The number of nitrogens with zero attached hydrogens (tertiary/aromatic N) is 4. The number of rotatable bonds is 23. The molecule has 10 N–H and O–H groups in total. The summed E-state index contributed by atoms with van der Waals surface area (Å²) in [7, 11) is -13.4. The average Bonchev–Trinajstić information content (AvgIpc) is 3.76. The second-order valence-corrected chi connectivity index (χ2v) is 19.0. The van der Waals surface area contributed by atoms with Gasteiger partial charge in [0, 0.05) is 42.3 Å². The van der Waals surface area contributed by atoms with Gasteiger partial charge in [-0.25, -0.2) is 28.6 Å². The molecule has 0 aliphatic carbocycles. The summed E-state index contributed by atoms with van der Waals surface area (Å²) in [5.74, 6) is -0.173. The second-order valence-electron chi connectivity index (χ2n) is 13.7. The summed E-state index contributed by atoms with van der Waals surface area (Å²) < 4.78 is 72.7. The monoisotopic (exact) mass is 957 g/mol. The first-order valence-electron chi connectivity index (χ1n) is 17.9. The SMILES string of the molecule is COc1ccc(C=CC(=O)SCCNC(=O)CCNC(=O)[C@H](O)C(C)(C)COP(=O)(O)OP(=O)(O)OC[C@H]2O[C@@H](n3cnc4c(N)ncnc43)[C@H](O)[C@@H]2OP(=O)(O)O)c(OC)c1. The Morgan fingerprint density at radius 3 is 2.42 bits per heavy atom. The first-order chi connectivity index (χ1) is 29.0. The lowest BCUT2D eigenvalue weighted by Crippen LogP contribution is -2.46. The van der Waals surface area contributed by atoms with Crippen LogP contribution in [0.15, 0.2) is 36.9 Å². The van der Waals surface area contributed by atoms with Gasteiger partial charge >= 0.3 is 23.5 Å². The summed E-state index contributed by atoms with van der Waals surface area (Å²) in [5, 5.41) is 26.2. The van der Waals surface area contributed by atoms with Gasteiger partial charge in [-0.15, -0.1) is 0 Å². The van der Waals surface area contributed by atoms with Crippen molar-refractivity contribution in [3.8, 4) is 11.5 Å². The Kier molecular flexibility index (Phi) is 17.7. The van der Waals surface area contributed by atoms with Crippen LogP contribution in [-0.4, -0.2) is 137 Å². The van der Waals surface area contributed by atoms with Crippen LogP contribution in [0.5, 0.6) is 11.5 Å². The number of fused-ring (bicyclic) bond motifs is 1. The molecule has 30 heteroatoms. The number of aliphatic hydroxyl groups excluding tert-OH is 2. The molecule has 26 nitrogen and oxygen atoms in total. The lowest BCUT2D eigenvalue weighted by molar-refractivity contribution is -0.137. The van der Waals surface area contributed by atoms with E-state index in [1.165, 1.54) is 34.1 Å². The third-order valence-corrected chi connectivity index (χ3v) is 12.5. The van der Waals surface area contributed by atoms with Gasteiger partial charge in [0.15, 0.2) is 17.7 Å². The van der Waals surface area contributed by atoms with Crippen LogP contribution in [0.1, 0.15) is 32.1 Å². The zero-order valence-corrected chi connectivity index (χ0v) is 36.8. The normalized spacial score (nSPS) is 20.7. The predicted octanol–water partition coefficient (Wildman–Crippen LogP) is 0.395. The molecule has 0 saturated carbocycles. The van der Waals surface area contributed by atoms with Crippen molar-refractivity contribution >= 4 is 75.2 Å². The van der Waals surface area contributed by atoms with E-state index in [1.807, 2.05) is 0 Å². The summed E-state index contributed by atoms with van der Waals surface area (Å²) in [6.45, 7) is 0.339. The van der Waals surface area contributed by atoms with Crippen molar-refractivity contribution in [1.29, 1.82) is 0 Å². The number of phosphoric ester groups is 3. The fraction of sp³-hybridized carbons (Fsp3) is 0.500. The minimum absolute atomic E-state index is 0.0245. The maximum Gasteiger partial charge on any atom is 0.481 e. The third-order valence-electron chi connectivity index (χ3n) is 8.59. The smallest absolute Gasteiger partial charge is 0.481 e. The van der Waals surface area contributed by atoms with Gasteiger partial charge in [0.25, 0.3) is 0 Å². The number of thioether (sulfide) groups is 1. The van der Waals surface area contributed by atoms with E-state index in [4.69, 9.17) is 29.0 Å². The first kappa shape index (κ1) is 50.8. The zero-order valence-electron chi connectivity index (χ0n) is 33.3. The number of aliphatic hydroxyl groups is 2. The lowest BCUT2D eigenvalue weighted by Gasteiger charge is -2.30. The molecular weight excluding hydrogens is 911 g/mol.